The van der Waals surface area contributed by atoms with Gasteiger partial charge in [0.25, 0.3) is 0 Å². The van der Waals surface area contributed by atoms with Crippen LogP contribution in [0.4, 0.5) is 5.69 Å². The number of rotatable bonds is 6. The molecule has 2 N–H and O–H groups in total. The summed E-state index contributed by atoms with van der Waals surface area (Å²) in [7, 11) is 3.06. The van der Waals surface area contributed by atoms with Crippen molar-refractivity contribution in [2.45, 2.75) is 0 Å². The Bertz CT molecular complexity index is 678. The molecule has 0 saturated heterocycles. The summed E-state index contributed by atoms with van der Waals surface area (Å²) in [5.74, 6) is 1.11. The topological polar surface area (TPSA) is 67.8 Å². The van der Waals surface area contributed by atoms with Gasteiger partial charge in [-0.15, -0.1) is 0 Å². The highest BCUT2D eigenvalue weighted by atomic mass is 16.5. The van der Waals surface area contributed by atoms with E-state index in [1.807, 2.05) is 0 Å². The summed E-state index contributed by atoms with van der Waals surface area (Å²) in [4.78, 5) is 12.1. The minimum Gasteiger partial charge on any atom is -0.508 e. The molecule has 2 aromatic carbocycles. The molecule has 0 heterocycles. The lowest BCUT2D eigenvalue weighted by Crippen LogP contribution is -1.98. The molecule has 2 rings (SSSR count). The van der Waals surface area contributed by atoms with Crippen molar-refractivity contribution in [3.8, 4) is 17.2 Å². The molecule has 0 spiro atoms. The highest BCUT2D eigenvalue weighted by Gasteiger charge is 2.08. The summed E-state index contributed by atoms with van der Waals surface area (Å²) in [6.07, 6.45) is 2.97. The van der Waals surface area contributed by atoms with Gasteiger partial charge in [0.1, 0.15) is 5.75 Å². The first-order chi connectivity index (χ1) is 10.6. The molecule has 0 saturated carbocycles. The van der Waals surface area contributed by atoms with Crippen molar-refractivity contribution >= 4 is 11.5 Å². The van der Waals surface area contributed by atoms with Gasteiger partial charge in [0, 0.05) is 23.5 Å². The third-order valence-electron chi connectivity index (χ3n) is 3.02. The van der Waals surface area contributed by atoms with E-state index in [1.54, 1.807) is 55.8 Å². The minimum atomic E-state index is -0.160. The Kier molecular flexibility index (Phi) is 5.03. The SMILES string of the molecule is COc1ccc(C(=O)C=CNc2ccc(O)cc2)cc1OC. The predicted molar refractivity (Wildman–Crippen MR) is 84.7 cm³/mol. The average Bonchev–Trinajstić information content (AvgIpc) is 2.55. The molecule has 0 aliphatic rings. The van der Waals surface area contributed by atoms with Crippen molar-refractivity contribution in [2.24, 2.45) is 0 Å². The molecule has 22 heavy (non-hydrogen) atoms. The van der Waals surface area contributed by atoms with Crippen LogP contribution in [0.15, 0.2) is 54.7 Å². The first-order valence-corrected chi connectivity index (χ1v) is 6.62. The number of aromatic hydroxyl groups is 1. The van der Waals surface area contributed by atoms with Gasteiger partial charge in [0.05, 0.1) is 14.2 Å². The van der Waals surface area contributed by atoms with Crippen LogP contribution in [0.3, 0.4) is 0 Å². The monoisotopic (exact) mass is 299 g/mol. The van der Waals surface area contributed by atoms with Crippen LogP contribution in [0.25, 0.3) is 0 Å². The molecule has 0 unspecified atom stereocenters. The van der Waals surface area contributed by atoms with E-state index in [4.69, 9.17) is 9.47 Å². The van der Waals surface area contributed by atoms with Crippen LogP contribution in [0.1, 0.15) is 10.4 Å². The van der Waals surface area contributed by atoms with Crippen molar-refractivity contribution in [3.05, 3.63) is 60.3 Å². The Labute approximate surface area is 128 Å². The number of methoxy groups -OCH3 is 2. The lowest BCUT2D eigenvalue weighted by Gasteiger charge is -2.08. The summed E-state index contributed by atoms with van der Waals surface area (Å²) in [6, 6.07) is 11.5. The number of nitrogens with one attached hydrogen (secondary N) is 1. The lowest BCUT2D eigenvalue weighted by atomic mass is 10.1. The van der Waals surface area contributed by atoms with E-state index in [9.17, 15) is 9.90 Å². The van der Waals surface area contributed by atoms with E-state index in [2.05, 4.69) is 5.32 Å². The van der Waals surface area contributed by atoms with E-state index in [0.717, 1.165) is 5.69 Å². The fourth-order valence-electron chi connectivity index (χ4n) is 1.86. The molecular formula is C17H17NO4. The molecule has 0 aliphatic carbocycles. The molecule has 2 aromatic rings. The number of allylic oxidation sites excluding steroid dienone is 1. The van der Waals surface area contributed by atoms with Crippen LogP contribution in [0.5, 0.6) is 17.2 Å². The van der Waals surface area contributed by atoms with Gasteiger partial charge >= 0.3 is 0 Å². The molecular weight excluding hydrogens is 282 g/mol. The number of ketones is 1. The van der Waals surface area contributed by atoms with Gasteiger partial charge in [-0.1, -0.05) is 0 Å². The van der Waals surface area contributed by atoms with Crippen LogP contribution in [0.2, 0.25) is 0 Å². The standard InChI is InChI=1S/C17H17NO4/c1-21-16-8-3-12(11-17(16)22-2)15(20)9-10-18-13-4-6-14(19)7-5-13/h3-11,18-19H,1-2H3. The van der Waals surface area contributed by atoms with Crippen LogP contribution in [0, 0.1) is 0 Å². The third-order valence-corrected chi connectivity index (χ3v) is 3.02. The highest BCUT2D eigenvalue weighted by molar-refractivity contribution is 6.05. The van der Waals surface area contributed by atoms with Gasteiger partial charge in [-0.3, -0.25) is 4.79 Å². The molecule has 0 atom stereocenters. The zero-order valence-corrected chi connectivity index (χ0v) is 12.4. The first kappa shape index (κ1) is 15.4. The van der Waals surface area contributed by atoms with Crippen molar-refractivity contribution in [1.82, 2.24) is 0 Å². The Morgan fingerprint density at radius 2 is 1.73 bits per heavy atom. The third kappa shape index (κ3) is 3.79. The number of ether oxygens (including phenoxy) is 2. The van der Waals surface area contributed by atoms with Crippen molar-refractivity contribution < 1.29 is 19.4 Å². The van der Waals surface area contributed by atoms with E-state index >= 15 is 0 Å². The fourth-order valence-corrected chi connectivity index (χ4v) is 1.86. The number of hydrogen-bond acceptors (Lipinski definition) is 5. The van der Waals surface area contributed by atoms with Crippen molar-refractivity contribution in [3.63, 3.8) is 0 Å². The molecule has 0 fully saturated rings. The highest BCUT2D eigenvalue weighted by Crippen LogP contribution is 2.27. The second kappa shape index (κ2) is 7.17. The van der Waals surface area contributed by atoms with Gasteiger partial charge in [-0.2, -0.15) is 0 Å². The Morgan fingerprint density at radius 1 is 1.05 bits per heavy atom. The van der Waals surface area contributed by atoms with Crippen LogP contribution in [-0.4, -0.2) is 25.1 Å². The van der Waals surface area contributed by atoms with Crippen molar-refractivity contribution in [1.29, 1.82) is 0 Å². The lowest BCUT2D eigenvalue weighted by molar-refractivity contribution is 0.104. The second-order valence-electron chi connectivity index (χ2n) is 4.46. The summed E-state index contributed by atoms with van der Waals surface area (Å²) in [5.41, 5.74) is 1.27. The number of carbonyl (C=O) groups is 1. The van der Waals surface area contributed by atoms with E-state index in [-0.39, 0.29) is 11.5 Å². The first-order valence-electron chi connectivity index (χ1n) is 6.62. The number of phenols is 1. The Morgan fingerprint density at radius 3 is 2.36 bits per heavy atom. The summed E-state index contributed by atoms with van der Waals surface area (Å²) in [5, 5.41) is 12.1. The molecule has 0 aromatic heterocycles. The summed E-state index contributed by atoms with van der Waals surface area (Å²) in [6.45, 7) is 0. The van der Waals surface area contributed by atoms with Gasteiger partial charge in [-0.25, -0.2) is 0 Å². The predicted octanol–water partition coefficient (Wildman–Crippen LogP) is 3.22. The maximum Gasteiger partial charge on any atom is 0.187 e. The van der Waals surface area contributed by atoms with Crippen LogP contribution < -0.4 is 14.8 Å². The zero-order chi connectivity index (χ0) is 15.9. The molecule has 5 nitrogen and oxygen atoms in total. The van der Waals surface area contributed by atoms with Gasteiger partial charge < -0.3 is 19.9 Å². The minimum absolute atomic E-state index is 0.160. The number of phenolic OH excluding ortho intramolecular Hbond substituents is 1. The quantitative estimate of drug-likeness (QED) is 0.487. The maximum absolute atomic E-state index is 12.1. The zero-order valence-electron chi connectivity index (χ0n) is 12.4. The average molecular weight is 299 g/mol. The second-order valence-corrected chi connectivity index (χ2v) is 4.46. The van der Waals surface area contributed by atoms with Gasteiger partial charge in [0.15, 0.2) is 17.3 Å². The molecule has 0 radical (unpaired) electrons. The van der Waals surface area contributed by atoms with E-state index in [0.29, 0.717) is 17.1 Å². The fraction of sp³-hybridized carbons (Fsp3) is 0.118. The Balaban J connectivity index is 2.05. The molecule has 114 valence electrons. The molecule has 0 aliphatic heterocycles. The normalized spacial score (nSPS) is 10.5. The molecule has 0 amide bonds. The molecule has 5 heteroatoms. The van der Waals surface area contributed by atoms with E-state index in [1.165, 1.54) is 13.2 Å². The Hall–Kier alpha value is -2.95. The van der Waals surface area contributed by atoms with E-state index < -0.39 is 0 Å². The number of anilines is 1. The van der Waals surface area contributed by atoms with Crippen LogP contribution >= 0.6 is 0 Å². The molecule has 0 bridgehead atoms. The van der Waals surface area contributed by atoms with Gasteiger partial charge in [-0.05, 0) is 42.5 Å². The summed E-state index contributed by atoms with van der Waals surface area (Å²) < 4.78 is 10.3. The van der Waals surface area contributed by atoms with Crippen LogP contribution in [-0.2, 0) is 0 Å². The largest absolute Gasteiger partial charge is 0.508 e. The van der Waals surface area contributed by atoms with Gasteiger partial charge in [0.2, 0.25) is 0 Å². The smallest absolute Gasteiger partial charge is 0.187 e. The summed E-state index contributed by atoms with van der Waals surface area (Å²) >= 11 is 0. The number of carbonyl (C=O) groups excluding carboxylic acids is 1. The number of hydrogen-bond donors (Lipinski definition) is 2. The number of benzene rings is 2. The maximum atomic E-state index is 12.1. The van der Waals surface area contributed by atoms with Crippen molar-refractivity contribution in [2.75, 3.05) is 19.5 Å².